The number of halogens is 1. The summed E-state index contributed by atoms with van der Waals surface area (Å²) in [5.41, 5.74) is 1.49. The summed E-state index contributed by atoms with van der Waals surface area (Å²) in [7, 11) is -3.70. The lowest BCUT2D eigenvalue weighted by atomic mass is 9.77. The molecule has 2 fully saturated rings. The van der Waals surface area contributed by atoms with Gasteiger partial charge in [-0.15, -0.1) is 0 Å². The van der Waals surface area contributed by atoms with Crippen LogP contribution in [0.4, 0.5) is 27.7 Å². The Kier molecular flexibility index (Phi) is 5.66. The summed E-state index contributed by atoms with van der Waals surface area (Å²) in [5, 5.41) is 5.92. The molecule has 2 aliphatic rings. The van der Waals surface area contributed by atoms with Crippen LogP contribution in [0.15, 0.2) is 47.9 Å². The maximum atomic E-state index is 13.5. The van der Waals surface area contributed by atoms with Gasteiger partial charge >= 0.3 is 0 Å². The Morgan fingerprint density at radius 2 is 1.76 bits per heavy atom. The molecular formula is C22H24FN7O3S. The number of hydrogen-bond acceptors (Lipinski definition) is 10. The van der Waals surface area contributed by atoms with E-state index < -0.39 is 15.7 Å². The van der Waals surface area contributed by atoms with Gasteiger partial charge < -0.3 is 15.4 Å². The van der Waals surface area contributed by atoms with E-state index in [0.29, 0.717) is 22.9 Å². The van der Waals surface area contributed by atoms with Crippen molar-refractivity contribution >= 4 is 33.1 Å². The number of pyridine rings is 2. The van der Waals surface area contributed by atoms with Gasteiger partial charge in [-0.25, -0.2) is 32.7 Å². The Balaban J connectivity index is 1.26. The van der Waals surface area contributed by atoms with Gasteiger partial charge in [0.05, 0.1) is 19.4 Å². The summed E-state index contributed by atoms with van der Waals surface area (Å²) < 4.78 is 42.8. The maximum absolute atomic E-state index is 13.5. The van der Waals surface area contributed by atoms with Gasteiger partial charge in [0, 0.05) is 43.1 Å². The highest BCUT2D eigenvalue weighted by molar-refractivity contribution is 7.90. The van der Waals surface area contributed by atoms with E-state index in [1.165, 1.54) is 6.33 Å². The zero-order valence-corrected chi connectivity index (χ0v) is 19.5. The van der Waals surface area contributed by atoms with Crippen molar-refractivity contribution in [2.75, 3.05) is 43.2 Å². The molecule has 5 rings (SSSR count). The fourth-order valence-corrected chi connectivity index (χ4v) is 4.93. The van der Waals surface area contributed by atoms with Crippen molar-refractivity contribution in [2.45, 2.75) is 17.9 Å². The first-order valence-corrected chi connectivity index (χ1v) is 12.6. The summed E-state index contributed by atoms with van der Waals surface area (Å²) in [4.78, 5) is 18.8. The summed E-state index contributed by atoms with van der Waals surface area (Å²) >= 11 is 0. The van der Waals surface area contributed by atoms with Crippen molar-refractivity contribution < 1.29 is 17.5 Å². The topological polar surface area (TPSA) is 122 Å². The second-order valence-electron chi connectivity index (χ2n) is 8.86. The number of nitrogens with zero attached hydrogens (tertiary/aromatic N) is 5. The molecule has 0 saturated carbocycles. The van der Waals surface area contributed by atoms with E-state index in [4.69, 9.17) is 4.74 Å². The molecule has 0 bridgehead atoms. The molecule has 12 heteroatoms. The highest BCUT2D eigenvalue weighted by atomic mass is 32.2. The van der Waals surface area contributed by atoms with E-state index in [0.717, 1.165) is 50.4 Å². The minimum absolute atomic E-state index is 0.0220. The second-order valence-corrected chi connectivity index (χ2v) is 10.8. The Labute approximate surface area is 196 Å². The molecule has 3 aromatic rings. The Morgan fingerprint density at radius 3 is 2.38 bits per heavy atom. The van der Waals surface area contributed by atoms with Crippen LogP contribution in [0.5, 0.6) is 0 Å². The molecule has 0 amide bonds. The zero-order chi connectivity index (χ0) is 23.9. The summed E-state index contributed by atoms with van der Waals surface area (Å²) in [6.07, 6.45) is 5.08. The first kappa shape index (κ1) is 22.6. The van der Waals surface area contributed by atoms with Gasteiger partial charge in [-0.2, -0.15) is 0 Å². The SMILES string of the molecule is CC(c1ccc(Nc2cc(Nc3ncc(F)cc3S(C)(=O)=O)ncn2)nc1)N1CC2(COC2)C1. The van der Waals surface area contributed by atoms with Gasteiger partial charge in [0.15, 0.2) is 15.7 Å². The Hall–Kier alpha value is -3.22. The first-order valence-electron chi connectivity index (χ1n) is 10.7. The van der Waals surface area contributed by atoms with Crippen LogP contribution in [-0.4, -0.2) is 65.8 Å². The molecule has 2 N–H and O–H groups in total. The molecule has 178 valence electrons. The van der Waals surface area contributed by atoms with Crippen molar-refractivity contribution in [3.63, 3.8) is 0 Å². The molecule has 10 nitrogen and oxygen atoms in total. The first-order chi connectivity index (χ1) is 16.2. The summed E-state index contributed by atoms with van der Waals surface area (Å²) in [5.74, 6) is 0.573. The van der Waals surface area contributed by atoms with Crippen molar-refractivity contribution in [3.8, 4) is 0 Å². The van der Waals surface area contributed by atoms with Crippen LogP contribution >= 0.6 is 0 Å². The molecule has 2 saturated heterocycles. The molecule has 1 spiro atoms. The van der Waals surface area contributed by atoms with E-state index >= 15 is 0 Å². The molecule has 1 unspecified atom stereocenters. The Bertz CT molecular complexity index is 1310. The average Bonchev–Trinajstić information content (AvgIpc) is 2.73. The van der Waals surface area contributed by atoms with E-state index in [9.17, 15) is 12.8 Å². The monoisotopic (exact) mass is 485 g/mol. The molecule has 0 radical (unpaired) electrons. The number of ether oxygens (including phenoxy) is 1. The largest absolute Gasteiger partial charge is 0.380 e. The van der Waals surface area contributed by atoms with Gasteiger partial charge in [0.25, 0.3) is 0 Å². The molecule has 0 aromatic carbocycles. The van der Waals surface area contributed by atoms with E-state index in [1.54, 1.807) is 6.07 Å². The standard InChI is InChI=1S/C22H24FN7O3S/c1-14(30-9-22(10-30)11-33-12-22)15-3-4-18(24-7-15)28-19-6-20(27-13-26-19)29-21-17(34(2,31)32)5-16(23)8-25-21/h3-8,13-14H,9-12H2,1-2H3,(H2,24,25,26,27,28,29). The van der Waals surface area contributed by atoms with Crippen LogP contribution in [-0.2, 0) is 14.6 Å². The van der Waals surface area contributed by atoms with Crippen LogP contribution < -0.4 is 10.6 Å². The zero-order valence-electron chi connectivity index (χ0n) is 18.7. The third kappa shape index (κ3) is 4.56. The van der Waals surface area contributed by atoms with Gasteiger partial charge in [0.2, 0.25) is 0 Å². The van der Waals surface area contributed by atoms with Gasteiger partial charge in [-0.1, -0.05) is 6.07 Å². The smallest absolute Gasteiger partial charge is 0.179 e. The van der Waals surface area contributed by atoms with Gasteiger partial charge in [-0.3, -0.25) is 4.90 Å². The van der Waals surface area contributed by atoms with Gasteiger partial charge in [0.1, 0.15) is 34.5 Å². The second kappa shape index (κ2) is 8.53. The Morgan fingerprint density at radius 1 is 1.03 bits per heavy atom. The fraction of sp³-hybridized carbons (Fsp3) is 0.364. The molecule has 2 aliphatic heterocycles. The van der Waals surface area contributed by atoms with Crippen LogP contribution in [0.3, 0.4) is 0 Å². The predicted octanol–water partition coefficient (Wildman–Crippen LogP) is 2.69. The number of rotatable bonds is 7. The quantitative estimate of drug-likeness (QED) is 0.516. The number of anilines is 4. The highest BCUT2D eigenvalue weighted by Crippen LogP contribution is 2.41. The molecule has 1 atom stereocenters. The summed E-state index contributed by atoms with van der Waals surface area (Å²) in [6.45, 7) is 6.00. The minimum Gasteiger partial charge on any atom is -0.380 e. The van der Waals surface area contributed by atoms with Crippen LogP contribution in [0.25, 0.3) is 0 Å². The lowest BCUT2D eigenvalue weighted by Gasteiger charge is -2.57. The van der Waals surface area contributed by atoms with Crippen LogP contribution in [0.2, 0.25) is 0 Å². The van der Waals surface area contributed by atoms with E-state index in [-0.39, 0.29) is 16.8 Å². The lowest BCUT2D eigenvalue weighted by molar-refractivity contribution is -0.197. The summed E-state index contributed by atoms with van der Waals surface area (Å²) in [6, 6.07) is 6.68. The third-order valence-corrected chi connectivity index (χ3v) is 7.21. The molecule has 3 aromatic heterocycles. The number of likely N-dealkylation sites (tertiary alicyclic amines) is 1. The normalized spacial score (nSPS) is 18.1. The van der Waals surface area contributed by atoms with Crippen molar-refractivity contribution in [1.82, 2.24) is 24.8 Å². The molecular weight excluding hydrogens is 461 g/mol. The maximum Gasteiger partial charge on any atom is 0.179 e. The minimum atomic E-state index is -3.70. The molecule has 5 heterocycles. The van der Waals surface area contributed by atoms with E-state index in [2.05, 4.69) is 42.4 Å². The predicted molar refractivity (Wildman–Crippen MR) is 123 cm³/mol. The van der Waals surface area contributed by atoms with E-state index in [1.807, 2.05) is 18.3 Å². The lowest BCUT2D eigenvalue weighted by Crippen LogP contribution is -2.66. The molecule has 0 aliphatic carbocycles. The number of sulfone groups is 1. The average molecular weight is 486 g/mol. The van der Waals surface area contributed by atoms with Crippen LogP contribution in [0.1, 0.15) is 18.5 Å². The van der Waals surface area contributed by atoms with Crippen molar-refractivity contribution in [2.24, 2.45) is 5.41 Å². The van der Waals surface area contributed by atoms with Crippen LogP contribution in [0, 0.1) is 11.2 Å². The highest BCUT2D eigenvalue weighted by Gasteiger charge is 2.50. The third-order valence-electron chi connectivity index (χ3n) is 6.10. The van der Waals surface area contributed by atoms with Crippen molar-refractivity contribution in [3.05, 3.63) is 54.4 Å². The number of aromatic nitrogens is 4. The van der Waals surface area contributed by atoms with Gasteiger partial charge in [-0.05, 0) is 24.6 Å². The number of nitrogens with one attached hydrogen (secondary N) is 2. The number of hydrogen-bond donors (Lipinski definition) is 2. The van der Waals surface area contributed by atoms with Crippen molar-refractivity contribution in [1.29, 1.82) is 0 Å². The fourth-order valence-electron chi connectivity index (χ4n) is 4.14. The molecule has 34 heavy (non-hydrogen) atoms.